The van der Waals surface area contributed by atoms with Gasteiger partial charge in [-0.15, -0.1) is 5.10 Å². The smallest absolute Gasteiger partial charge is 0.277 e. The van der Waals surface area contributed by atoms with Gasteiger partial charge in [-0.2, -0.15) is 0 Å². The Balaban J connectivity index is 1.55. The average molecular weight is 366 g/mol. The lowest BCUT2D eigenvalue weighted by atomic mass is 10.2. The first-order valence-corrected chi connectivity index (χ1v) is 9.02. The molecule has 0 atom stereocenters. The summed E-state index contributed by atoms with van der Waals surface area (Å²) in [6, 6.07) is 14.2. The molecule has 7 heteroatoms. The van der Waals surface area contributed by atoms with Gasteiger partial charge < -0.3 is 10.1 Å². The van der Waals surface area contributed by atoms with Crippen molar-refractivity contribution in [1.29, 1.82) is 0 Å². The van der Waals surface area contributed by atoms with Crippen LogP contribution in [0.3, 0.4) is 0 Å². The van der Waals surface area contributed by atoms with Crippen LogP contribution < -0.4 is 15.6 Å². The van der Waals surface area contributed by atoms with E-state index in [9.17, 15) is 9.59 Å². The molecule has 0 aliphatic heterocycles. The van der Waals surface area contributed by atoms with Gasteiger partial charge in [0.25, 0.3) is 5.56 Å². The van der Waals surface area contributed by atoms with Crippen molar-refractivity contribution < 1.29 is 9.53 Å². The number of aryl methyl sites for hydroxylation is 1. The van der Waals surface area contributed by atoms with E-state index in [4.69, 9.17) is 4.74 Å². The SMILES string of the molecule is CCCCOc1ccc(NC(=O)CCn2nnc3ccccc3c2=O)cc1. The Kier molecular flexibility index (Phi) is 6.14. The molecule has 0 aliphatic carbocycles. The van der Waals surface area contributed by atoms with Crippen LogP contribution in [0.1, 0.15) is 26.2 Å². The van der Waals surface area contributed by atoms with Crippen molar-refractivity contribution >= 4 is 22.5 Å². The first-order chi connectivity index (χ1) is 13.2. The summed E-state index contributed by atoms with van der Waals surface area (Å²) in [5.74, 6) is 0.580. The second kappa shape index (κ2) is 8.93. The fourth-order valence-electron chi connectivity index (χ4n) is 2.57. The number of rotatable bonds is 8. The molecule has 0 saturated heterocycles. The lowest BCUT2D eigenvalue weighted by Crippen LogP contribution is -2.26. The Morgan fingerprint density at radius 1 is 1.15 bits per heavy atom. The zero-order valence-corrected chi connectivity index (χ0v) is 15.2. The van der Waals surface area contributed by atoms with Gasteiger partial charge in [0.15, 0.2) is 0 Å². The summed E-state index contributed by atoms with van der Waals surface area (Å²) >= 11 is 0. The Labute approximate surface area is 157 Å². The fraction of sp³-hybridized carbons (Fsp3) is 0.300. The summed E-state index contributed by atoms with van der Waals surface area (Å²) in [6.07, 6.45) is 2.22. The van der Waals surface area contributed by atoms with E-state index in [1.165, 1.54) is 4.68 Å². The molecule has 1 aromatic heterocycles. The van der Waals surface area contributed by atoms with Crippen molar-refractivity contribution in [3.8, 4) is 5.75 Å². The number of nitrogens with zero attached hydrogens (tertiary/aromatic N) is 3. The number of amides is 1. The number of hydrogen-bond acceptors (Lipinski definition) is 5. The highest BCUT2D eigenvalue weighted by atomic mass is 16.5. The lowest BCUT2D eigenvalue weighted by Gasteiger charge is -2.08. The molecule has 1 heterocycles. The zero-order valence-electron chi connectivity index (χ0n) is 15.2. The van der Waals surface area contributed by atoms with Gasteiger partial charge in [0.05, 0.1) is 18.5 Å². The summed E-state index contributed by atoms with van der Waals surface area (Å²) < 4.78 is 6.81. The number of fused-ring (bicyclic) bond motifs is 1. The normalized spacial score (nSPS) is 10.7. The van der Waals surface area contributed by atoms with Crippen LogP contribution in [0.5, 0.6) is 5.75 Å². The Morgan fingerprint density at radius 2 is 1.93 bits per heavy atom. The molecule has 0 saturated carbocycles. The summed E-state index contributed by atoms with van der Waals surface area (Å²) in [5.41, 5.74) is 0.978. The summed E-state index contributed by atoms with van der Waals surface area (Å²) in [4.78, 5) is 24.5. The number of nitrogens with one attached hydrogen (secondary N) is 1. The number of unbranched alkanes of at least 4 members (excludes halogenated alkanes) is 1. The zero-order chi connectivity index (χ0) is 19.1. The molecule has 3 rings (SSSR count). The van der Waals surface area contributed by atoms with Gasteiger partial charge in [0, 0.05) is 12.1 Å². The van der Waals surface area contributed by atoms with Gasteiger partial charge in [-0.05, 0) is 42.8 Å². The average Bonchev–Trinajstić information content (AvgIpc) is 2.69. The van der Waals surface area contributed by atoms with Crippen molar-refractivity contribution in [3.63, 3.8) is 0 Å². The van der Waals surface area contributed by atoms with Gasteiger partial charge in [-0.25, -0.2) is 4.68 Å². The van der Waals surface area contributed by atoms with E-state index in [2.05, 4.69) is 22.6 Å². The number of ether oxygens (including phenoxy) is 1. The van der Waals surface area contributed by atoms with E-state index >= 15 is 0 Å². The highest BCUT2D eigenvalue weighted by Crippen LogP contribution is 2.16. The second-order valence-corrected chi connectivity index (χ2v) is 6.16. The summed E-state index contributed by atoms with van der Waals surface area (Å²) in [7, 11) is 0. The summed E-state index contributed by atoms with van der Waals surface area (Å²) in [6.45, 7) is 2.96. The van der Waals surface area contributed by atoms with Gasteiger partial charge in [0.1, 0.15) is 11.3 Å². The van der Waals surface area contributed by atoms with Crippen molar-refractivity contribution in [2.24, 2.45) is 0 Å². The minimum absolute atomic E-state index is 0.127. The van der Waals surface area contributed by atoms with Gasteiger partial charge in [-0.3, -0.25) is 9.59 Å². The molecular weight excluding hydrogens is 344 g/mol. The van der Waals surface area contributed by atoms with E-state index < -0.39 is 0 Å². The third-order valence-corrected chi connectivity index (χ3v) is 4.08. The number of benzene rings is 2. The molecule has 0 aliphatic rings. The molecule has 0 unspecified atom stereocenters. The van der Waals surface area contributed by atoms with Crippen molar-refractivity contribution in [2.75, 3.05) is 11.9 Å². The molecule has 0 radical (unpaired) electrons. The maximum atomic E-state index is 12.4. The molecule has 1 N–H and O–H groups in total. The van der Waals surface area contributed by atoms with Crippen LogP contribution in [0.25, 0.3) is 10.9 Å². The summed E-state index contributed by atoms with van der Waals surface area (Å²) in [5, 5.41) is 11.2. The largest absolute Gasteiger partial charge is 0.494 e. The first kappa shape index (κ1) is 18.6. The van der Waals surface area contributed by atoms with Crippen LogP contribution in [-0.2, 0) is 11.3 Å². The molecule has 140 valence electrons. The highest BCUT2D eigenvalue weighted by molar-refractivity contribution is 5.90. The number of anilines is 1. The van der Waals surface area contributed by atoms with Crippen molar-refractivity contribution in [2.45, 2.75) is 32.7 Å². The molecule has 27 heavy (non-hydrogen) atoms. The maximum Gasteiger partial charge on any atom is 0.277 e. The molecule has 1 amide bonds. The van der Waals surface area contributed by atoms with E-state index in [-0.39, 0.29) is 24.4 Å². The van der Waals surface area contributed by atoms with E-state index in [0.717, 1.165) is 18.6 Å². The molecule has 0 spiro atoms. The van der Waals surface area contributed by atoms with Crippen LogP contribution in [0.2, 0.25) is 0 Å². The topological polar surface area (TPSA) is 86.1 Å². The molecule has 3 aromatic rings. The van der Waals surface area contributed by atoms with E-state index in [0.29, 0.717) is 23.2 Å². The van der Waals surface area contributed by atoms with Crippen molar-refractivity contribution in [3.05, 3.63) is 58.9 Å². The van der Waals surface area contributed by atoms with Crippen LogP contribution in [-0.4, -0.2) is 27.5 Å². The Bertz CT molecular complexity index is 967. The van der Waals surface area contributed by atoms with Crippen LogP contribution >= 0.6 is 0 Å². The predicted molar refractivity (Wildman–Crippen MR) is 104 cm³/mol. The standard InChI is InChI=1S/C20H22N4O3/c1-2-3-14-27-16-10-8-15(9-11-16)21-19(25)12-13-24-20(26)17-6-4-5-7-18(17)22-23-24/h4-11H,2-3,12-14H2,1H3,(H,21,25). The van der Waals surface area contributed by atoms with Gasteiger partial charge in [-0.1, -0.05) is 30.7 Å². The molecular formula is C20H22N4O3. The van der Waals surface area contributed by atoms with E-state index in [1.54, 1.807) is 36.4 Å². The van der Waals surface area contributed by atoms with Gasteiger partial charge >= 0.3 is 0 Å². The minimum atomic E-state index is -0.248. The quantitative estimate of drug-likeness (QED) is 0.619. The molecule has 0 fully saturated rings. The maximum absolute atomic E-state index is 12.4. The predicted octanol–water partition coefficient (Wildman–Crippen LogP) is 3.00. The van der Waals surface area contributed by atoms with E-state index in [1.807, 2.05) is 12.1 Å². The van der Waals surface area contributed by atoms with Crippen LogP contribution in [0.15, 0.2) is 53.3 Å². The van der Waals surface area contributed by atoms with Crippen LogP contribution in [0.4, 0.5) is 5.69 Å². The Morgan fingerprint density at radius 3 is 2.70 bits per heavy atom. The fourth-order valence-corrected chi connectivity index (χ4v) is 2.57. The number of carbonyl (C=O) groups excluding carboxylic acids is 1. The molecule has 7 nitrogen and oxygen atoms in total. The monoisotopic (exact) mass is 366 g/mol. The van der Waals surface area contributed by atoms with Gasteiger partial charge in [0.2, 0.25) is 5.91 Å². The number of aromatic nitrogens is 3. The Hall–Kier alpha value is -3.22. The minimum Gasteiger partial charge on any atom is -0.494 e. The number of hydrogen-bond donors (Lipinski definition) is 1. The number of carbonyl (C=O) groups is 1. The molecule has 2 aromatic carbocycles. The van der Waals surface area contributed by atoms with Crippen molar-refractivity contribution in [1.82, 2.24) is 15.0 Å². The highest BCUT2D eigenvalue weighted by Gasteiger charge is 2.08. The first-order valence-electron chi connectivity index (χ1n) is 9.02. The molecule has 0 bridgehead atoms. The third-order valence-electron chi connectivity index (χ3n) is 4.08. The van der Waals surface area contributed by atoms with Crippen LogP contribution in [0, 0.1) is 0 Å². The third kappa shape index (κ3) is 4.91. The lowest BCUT2D eigenvalue weighted by molar-refractivity contribution is -0.116. The second-order valence-electron chi connectivity index (χ2n) is 6.16.